The van der Waals surface area contributed by atoms with E-state index in [1.165, 1.54) is 0 Å². The third-order valence-electron chi connectivity index (χ3n) is 3.23. The van der Waals surface area contributed by atoms with Crippen molar-refractivity contribution in [1.29, 1.82) is 0 Å². The van der Waals surface area contributed by atoms with Crippen LogP contribution in [-0.2, 0) is 0 Å². The average molecular weight is 306 g/mol. The van der Waals surface area contributed by atoms with Crippen LogP contribution in [0.15, 0.2) is 34.2 Å². The second kappa shape index (κ2) is 6.26. The van der Waals surface area contributed by atoms with Crippen molar-refractivity contribution in [2.24, 2.45) is 0 Å². The van der Waals surface area contributed by atoms with Crippen LogP contribution in [0.25, 0.3) is 0 Å². The molecule has 0 radical (unpaired) electrons. The van der Waals surface area contributed by atoms with Crippen molar-refractivity contribution in [1.82, 2.24) is 14.8 Å². The molecule has 7 heteroatoms. The van der Waals surface area contributed by atoms with Crippen LogP contribution in [-0.4, -0.2) is 27.1 Å². The second-order valence-electron chi connectivity index (χ2n) is 5.04. The summed E-state index contributed by atoms with van der Waals surface area (Å²) in [5.41, 5.74) is 6.29. The Hall–Kier alpha value is -1.89. The van der Waals surface area contributed by atoms with E-state index in [0.29, 0.717) is 18.3 Å². The molecule has 21 heavy (non-hydrogen) atoms. The molecule has 0 atom stereocenters. The highest BCUT2D eigenvalue weighted by atomic mass is 32.2. The van der Waals surface area contributed by atoms with Crippen molar-refractivity contribution in [3.63, 3.8) is 0 Å². The van der Waals surface area contributed by atoms with Crippen LogP contribution >= 0.6 is 11.8 Å². The van der Waals surface area contributed by atoms with Gasteiger partial charge in [-0.25, -0.2) is 9.89 Å². The fraction of sp³-hybridized carbons (Fsp3) is 0.429. The summed E-state index contributed by atoms with van der Waals surface area (Å²) in [7, 11) is 0. The number of ether oxygens (including phenoxy) is 1. The molecular formula is C14H18N4O2S. The second-order valence-corrected chi connectivity index (χ2v) is 6.10. The lowest BCUT2D eigenvalue weighted by Gasteiger charge is -2.06. The van der Waals surface area contributed by atoms with Gasteiger partial charge in [0, 0.05) is 23.5 Å². The zero-order valence-electron chi connectivity index (χ0n) is 11.6. The number of anilines is 1. The van der Waals surface area contributed by atoms with E-state index in [1.54, 1.807) is 16.3 Å². The number of thioether (sulfide) groups is 1. The van der Waals surface area contributed by atoms with Gasteiger partial charge in [-0.2, -0.15) is 0 Å². The number of aromatic amines is 1. The third-order valence-corrected chi connectivity index (χ3v) is 4.27. The summed E-state index contributed by atoms with van der Waals surface area (Å²) in [6.45, 7) is 0.620. The summed E-state index contributed by atoms with van der Waals surface area (Å²) in [5, 5.41) is 7.38. The fourth-order valence-corrected chi connectivity index (χ4v) is 2.99. The van der Waals surface area contributed by atoms with Crippen molar-refractivity contribution in [2.75, 3.05) is 18.1 Å². The van der Waals surface area contributed by atoms with Crippen molar-refractivity contribution < 1.29 is 4.74 Å². The third kappa shape index (κ3) is 3.60. The minimum absolute atomic E-state index is 0.101. The molecule has 112 valence electrons. The van der Waals surface area contributed by atoms with E-state index in [4.69, 9.17) is 10.5 Å². The van der Waals surface area contributed by atoms with Gasteiger partial charge < -0.3 is 10.5 Å². The minimum Gasteiger partial charge on any atom is -0.493 e. The highest BCUT2D eigenvalue weighted by molar-refractivity contribution is 7.99. The summed E-state index contributed by atoms with van der Waals surface area (Å²) >= 11 is 1.59. The smallest absolute Gasteiger partial charge is 0.344 e. The van der Waals surface area contributed by atoms with E-state index in [9.17, 15) is 4.79 Å². The Kier molecular flexibility index (Phi) is 4.19. The summed E-state index contributed by atoms with van der Waals surface area (Å²) < 4.78 is 7.40. The number of H-pyrrole nitrogens is 1. The SMILES string of the molecule is Nc1cccc(OCCCSc2n[nH]c(=O)n2C2CC2)c1. The van der Waals surface area contributed by atoms with Gasteiger partial charge in [0.05, 0.1) is 6.61 Å². The van der Waals surface area contributed by atoms with Gasteiger partial charge in [-0.05, 0) is 31.4 Å². The number of benzene rings is 1. The first-order chi connectivity index (χ1) is 10.2. The molecule has 0 saturated heterocycles. The largest absolute Gasteiger partial charge is 0.493 e. The topological polar surface area (TPSA) is 85.9 Å². The molecule has 3 N–H and O–H groups in total. The molecule has 1 aromatic carbocycles. The molecule has 0 aliphatic heterocycles. The molecule has 1 fully saturated rings. The molecule has 0 spiro atoms. The standard InChI is InChI=1S/C14H18N4O2S/c15-10-3-1-4-12(9-10)20-7-2-8-21-14-17-16-13(19)18(14)11-5-6-11/h1,3-4,9,11H,2,5-8,15H2,(H,16,19). The van der Waals surface area contributed by atoms with Gasteiger partial charge in [0.25, 0.3) is 0 Å². The van der Waals surface area contributed by atoms with Gasteiger partial charge in [-0.3, -0.25) is 4.57 Å². The Morgan fingerprint density at radius 3 is 3.10 bits per heavy atom. The number of aromatic nitrogens is 3. The first-order valence-electron chi connectivity index (χ1n) is 7.02. The van der Waals surface area contributed by atoms with E-state index < -0.39 is 0 Å². The molecule has 1 heterocycles. The van der Waals surface area contributed by atoms with Crippen LogP contribution in [0.2, 0.25) is 0 Å². The number of nitrogens with two attached hydrogens (primary N) is 1. The van der Waals surface area contributed by atoms with Crippen LogP contribution in [0, 0.1) is 0 Å². The normalized spacial score (nSPS) is 14.3. The van der Waals surface area contributed by atoms with E-state index in [1.807, 2.05) is 24.3 Å². The predicted molar refractivity (Wildman–Crippen MR) is 82.8 cm³/mol. The first kappa shape index (κ1) is 14.1. The zero-order chi connectivity index (χ0) is 14.7. The maximum atomic E-state index is 11.6. The number of nitrogens with one attached hydrogen (secondary N) is 1. The van der Waals surface area contributed by atoms with Crippen LogP contribution in [0.3, 0.4) is 0 Å². The zero-order valence-corrected chi connectivity index (χ0v) is 12.4. The highest BCUT2D eigenvalue weighted by Gasteiger charge is 2.28. The van der Waals surface area contributed by atoms with Gasteiger partial charge >= 0.3 is 5.69 Å². The Bertz CT molecular complexity index is 663. The monoisotopic (exact) mass is 306 g/mol. The molecule has 0 bridgehead atoms. The van der Waals surface area contributed by atoms with E-state index >= 15 is 0 Å². The lowest BCUT2D eigenvalue weighted by atomic mass is 10.3. The number of hydrogen-bond donors (Lipinski definition) is 2. The lowest BCUT2D eigenvalue weighted by Crippen LogP contribution is -2.16. The molecule has 1 aliphatic rings. The Balaban J connectivity index is 1.43. The van der Waals surface area contributed by atoms with E-state index in [2.05, 4.69) is 10.2 Å². The highest BCUT2D eigenvalue weighted by Crippen LogP contribution is 2.36. The van der Waals surface area contributed by atoms with Gasteiger partial charge in [-0.15, -0.1) is 5.10 Å². The molecule has 1 saturated carbocycles. The molecule has 0 amide bonds. The quantitative estimate of drug-likeness (QED) is 0.464. The Morgan fingerprint density at radius 1 is 1.48 bits per heavy atom. The first-order valence-corrected chi connectivity index (χ1v) is 8.00. The number of rotatable bonds is 7. The molecule has 0 unspecified atom stereocenters. The molecule has 3 rings (SSSR count). The molecule has 1 aromatic heterocycles. The Morgan fingerprint density at radius 2 is 2.33 bits per heavy atom. The van der Waals surface area contributed by atoms with Gasteiger partial charge in [-0.1, -0.05) is 17.8 Å². The number of hydrogen-bond acceptors (Lipinski definition) is 5. The average Bonchev–Trinajstić information content (AvgIpc) is 3.23. The molecule has 1 aliphatic carbocycles. The van der Waals surface area contributed by atoms with Crippen molar-refractivity contribution in [3.8, 4) is 5.75 Å². The molecule has 6 nitrogen and oxygen atoms in total. The fourth-order valence-electron chi connectivity index (χ4n) is 2.06. The van der Waals surface area contributed by atoms with Crippen LogP contribution < -0.4 is 16.2 Å². The predicted octanol–water partition coefficient (Wildman–Crippen LogP) is 2.05. The van der Waals surface area contributed by atoms with Gasteiger partial charge in [0.1, 0.15) is 5.75 Å². The van der Waals surface area contributed by atoms with Gasteiger partial charge in [0.15, 0.2) is 5.16 Å². The van der Waals surface area contributed by atoms with Crippen LogP contribution in [0.4, 0.5) is 5.69 Å². The van der Waals surface area contributed by atoms with Crippen LogP contribution in [0.5, 0.6) is 5.75 Å². The lowest BCUT2D eigenvalue weighted by molar-refractivity contribution is 0.319. The van der Waals surface area contributed by atoms with Crippen molar-refractivity contribution in [3.05, 3.63) is 34.7 Å². The maximum Gasteiger partial charge on any atom is 0.344 e. The summed E-state index contributed by atoms with van der Waals surface area (Å²) in [6, 6.07) is 7.75. The maximum absolute atomic E-state index is 11.6. The molecular weight excluding hydrogens is 288 g/mol. The summed E-state index contributed by atoms with van der Waals surface area (Å²) in [4.78, 5) is 11.6. The summed E-state index contributed by atoms with van der Waals surface area (Å²) in [5.74, 6) is 1.65. The van der Waals surface area contributed by atoms with E-state index in [0.717, 1.165) is 35.9 Å². The van der Waals surface area contributed by atoms with Gasteiger partial charge in [0.2, 0.25) is 0 Å². The van der Waals surface area contributed by atoms with Crippen molar-refractivity contribution in [2.45, 2.75) is 30.5 Å². The summed E-state index contributed by atoms with van der Waals surface area (Å²) in [6.07, 6.45) is 3.03. The molecule has 2 aromatic rings. The van der Waals surface area contributed by atoms with E-state index in [-0.39, 0.29) is 5.69 Å². The van der Waals surface area contributed by atoms with Crippen LogP contribution in [0.1, 0.15) is 25.3 Å². The Labute approximate surface area is 126 Å². The number of nitrogen functional groups attached to an aromatic ring is 1. The van der Waals surface area contributed by atoms with Crippen molar-refractivity contribution >= 4 is 17.4 Å². The minimum atomic E-state index is -0.101. The number of nitrogens with zero attached hydrogens (tertiary/aromatic N) is 2.